The smallest absolute Gasteiger partial charge is 0.142 e. The Kier molecular flexibility index (Phi) is 2.56. The Bertz CT molecular complexity index is 462. The second kappa shape index (κ2) is 3.87. The molecule has 0 amide bonds. The molecule has 3 nitrogen and oxygen atoms in total. The Balaban J connectivity index is 2.36. The Morgan fingerprint density at radius 1 is 1.40 bits per heavy atom. The molecule has 78 valence electrons. The van der Waals surface area contributed by atoms with Crippen LogP contribution >= 0.6 is 0 Å². The predicted molar refractivity (Wildman–Crippen MR) is 58.4 cm³/mol. The number of rotatable bonds is 2. The van der Waals surface area contributed by atoms with Crippen LogP contribution in [0, 0.1) is 6.92 Å². The summed E-state index contributed by atoms with van der Waals surface area (Å²) in [5, 5.41) is 10.1. The van der Waals surface area contributed by atoms with Gasteiger partial charge < -0.3 is 9.67 Å². The molecule has 1 atom stereocenters. The van der Waals surface area contributed by atoms with Crippen molar-refractivity contribution in [3.63, 3.8) is 0 Å². The molecule has 2 aromatic rings. The first-order chi connectivity index (χ1) is 7.18. The number of imidazole rings is 1. The molecule has 0 bridgehead atoms. The molecule has 0 aliphatic rings. The van der Waals surface area contributed by atoms with Crippen LogP contribution in [0.15, 0.2) is 36.7 Å². The fourth-order valence-electron chi connectivity index (χ4n) is 1.63. The third-order valence-electron chi connectivity index (χ3n) is 2.46. The monoisotopic (exact) mass is 202 g/mol. The third-order valence-corrected chi connectivity index (χ3v) is 2.46. The van der Waals surface area contributed by atoms with Gasteiger partial charge >= 0.3 is 0 Å². The summed E-state index contributed by atoms with van der Waals surface area (Å²) in [7, 11) is 1.88. The number of aliphatic hydroxyl groups excluding tert-OH is 1. The van der Waals surface area contributed by atoms with Crippen molar-refractivity contribution in [2.24, 2.45) is 7.05 Å². The van der Waals surface area contributed by atoms with Gasteiger partial charge in [-0.05, 0) is 12.5 Å². The van der Waals surface area contributed by atoms with Crippen LogP contribution in [0.3, 0.4) is 0 Å². The summed E-state index contributed by atoms with van der Waals surface area (Å²) in [5.74, 6) is 0.667. The molecule has 1 unspecified atom stereocenters. The molecule has 0 saturated heterocycles. The van der Waals surface area contributed by atoms with Gasteiger partial charge in [-0.3, -0.25) is 0 Å². The molecule has 0 fully saturated rings. The van der Waals surface area contributed by atoms with Crippen LogP contribution in [0.1, 0.15) is 23.1 Å². The fourth-order valence-corrected chi connectivity index (χ4v) is 1.63. The summed E-state index contributed by atoms with van der Waals surface area (Å²) < 4.78 is 1.83. The number of aryl methyl sites for hydroxylation is 2. The molecule has 1 aromatic heterocycles. The molecule has 15 heavy (non-hydrogen) atoms. The van der Waals surface area contributed by atoms with E-state index < -0.39 is 6.10 Å². The lowest BCUT2D eigenvalue weighted by Crippen LogP contribution is -2.06. The molecule has 1 aromatic carbocycles. The lowest BCUT2D eigenvalue weighted by atomic mass is 10.1. The molecular weight excluding hydrogens is 188 g/mol. The maximum absolute atomic E-state index is 10.1. The van der Waals surface area contributed by atoms with Crippen molar-refractivity contribution in [3.8, 4) is 0 Å². The van der Waals surface area contributed by atoms with E-state index >= 15 is 0 Å². The zero-order valence-corrected chi connectivity index (χ0v) is 8.88. The molecule has 1 heterocycles. The number of hydrogen-bond donors (Lipinski definition) is 1. The first-order valence-electron chi connectivity index (χ1n) is 4.90. The highest BCUT2D eigenvalue weighted by Crippen LogP contribution is 2.20. The highest BCUT2D eigenvalue weighted by molar-refractivity contribution is 5.27. The van der Waals surface area contributed by atoms with Crippen molar-refractivity contribution >= 4 is 0 Å². The van der Waals surface area contributed by atoms with Gasteiger partial charge in [-0.1, -0.05) is 29.8 Å². The Morgan fingerprint density at radius 2 is 2.20 bits per heavy atom. The minimum Gasteiger partial charge on any atom is -0.380 e. The first-order valence-corrected chi connectivity index (χ1v) is 4.90. The second-order valence-electron chi connectivity index (χ2n) is 3.71. The van der Waals surface area contributed by atoms with Crippen molar-refractivity contribution in [2.75, 3.05) is 0 Å². The molecule has 0 radical (unpaired) electrons. The average molecular weight is 202 g/mol. The van der Waals surface area contributed by atoms with Crippen molar-refractivity contribution in [1.82, 2.24) is 9.55 Å². The molecule has 0 saturated carbocycles. The maximum Gasteiger partial charge on any atom is 0.142 e. The number of aromatic nitrogens is 2. The Morgan fingerprint density at radius 3 is 2.80 bits per heavy atom. The molecule has 3 heteroatoms. The van der Waals surface area contributed by atoms with Gasteiger partial charge in [0, 0.05) is 19.4 Å². The van der Waals surface area contributed by atoms with E-state index in [1.807, 2.05) is 49.0 Å². The standard InChI is InChI=1S/C12H14N2O/c1-9-4-3-5-10(8-9)11(15)12-13-6-7-14(12)2/h3-8,11,15H,1-2H3. The van der Waals surface area contributed by atoms with E-state index in [9.17, 15) is 5.11 Å². The minimum absolute atomic E-state index is 0.648. The Hall–Kier alpha value is -1.61. The second-order valence-corrected chi connectivity index (χ2v) is 3.71. The molecule has 0 spiro atoms. The van der Waals surface area contributed by atoms with Crippen LogP contribution in [0.2, 0.25) is 0 Å². The molecule has 0 aliphatic carbocycles. The van der Waals surface area contributed by atoms with Crippen molar-refractivity contribution in [2.45, 2.75) is 13.0 Å². The molecule has 2 rings (SSSR count). The minimum atomic E-state index is -0.648. The highest BCUT2D eigenvalue weighted by Gasteiger charge is 2.14. The largest absolute Gasteiger partial charge is 0.380 e. The maximum atomic E-state index is 10.1. The van der Waals surface area contributed by atoms with Crippen LogP contribution in [0.5, 0.6) is 0 Å². The van der Waals surface area contributed by atoms with Gasteiger partial charge in [-0.15, -0.1) is 0 Å². The fraction of sp³-hybridized carbons (Fsp3) is 0.250. The Labute approximate surface area is 89.0 Å². The van der Waals surface area contributed by atoms with Crippen LogP contribution in [-0.2, 0) is 7.05 Å². The highest BCUT2D eigenvalue weighted by atomic mass is 16.3. The summed E-state index contributed by atoms with van der Waals surface area (Å²) in [4.78, 5) is 4.13. The van der Waals surface area contributed by atoms with Crippen molar-refractivity contribution in [1.29, 1.82) is 0 Å². The normalized spacial score (nSPS) is 12.7. The van der Waals surface area contributed by atoms with E-state index in [0.29, 0.717) is 5.82 Å². The van der Waals surface area contributed by atoms with Crippen molar-refractivity contribution < 1.29 is 5.11 Å². The van der Waals surface area contributed by atoms with Gasteiger partial charge in [-0.25, -0.2) is 4.98 Å². The predicted octanol–water partition coefficient (Wildman–Crippen LogP) is 1.81. The van der Waals surface area contributed by atoms with E-state index in [0.717, 1.165) is 11.1 Å². The first kappa shape index (κ1) is 9.93. The number of nitrogens with zero attached hydrogens (tertiary/aromatic N) is 2. The van der Waals surface area contributed by atoms with E-state index in [-0.39, 0.29) is 0 Å². The van der Waals surface area contributed by atoms with Gasteiger partial charge in [0.2, 0.25) is 0 Å². The van der Waals surface area contributed by atoms with Crippen LogP contribution in [-0.4, -0.2) is 14.7 Å². The third kappa shape index (κ3) is 1.92. The summed E-state index contributed by atoms with van der Waals surface area (Å²) in [5.41, 5.74) is 2.02. The van der Waals surface area contributed by atoms with Gasteiger partial charge in [0.15, 0.2) is 0 Å². The van der Waals surface area contributed by atoms with Crippen LogP contribution < -0.4 is 0 Å². The lowest BCUT2D eigenvalue weighted by Gasteiger charge is -2.11. The summed E-state index contributed by atoms with van der Waals surface area (Å²) >= 11 is 0. The van der Waals surface area contributed by atoms with Gasteiger partial charge in [0.1, 0.15) is 11.9 Å². The topological polar surface area (TPSA) is 38.1 Å². The van der Waals surface area contributed by atoms with Gasteiger partial charge in [0.25, 0.3) is 0 Å². The van der Waals surface area contributed by atoms with Gasteiger partial charge in [0.05, 0.1) is 0 Å². The summed E-state index contributed by atoms with van der Waals surface area (Å²) in [6.45, 7) is 2.01. The number of benzene rings is 1. The van der Waals surface area contributed by atoms with E-state index in [1.165, 1.54) is 0 Å². The molecule has 1 N–H and O–H groups in total. The van der Waals surface area contributed by atoms with Crippen LogP contribution in [0.25, 0.3) is 0 Å². The molecule has 0 aliphatic heterocycles. The van der Waals surface area contributed by atoms with Crippen molar-refractivity contribution in [3.05, 3.63) is 53.6 Å². The average Bonchev–Trinajstić information content (AvgIpc) is 2.63. The lowest BCUT2D eigenvalue weighted by molar-refractivity contribution is 0.206. The zero-order chi connectivity index (χ0) is 10.8. The quantitative estimate of drug-likeness (QED) is 0.806. The van der Waals surface area contributed by atoms with Crippen LogP contribution in [0.4, 0.5) is 0 Å². The summed E-state index contributed by atoms with van der Waals surface area (Å²) in [6.07, 6.45) is 2.87. The zero-order valence-electron chi connectivity index (χ0n) is 8.88. The SMILES string of the molecule is Cc1cccc(C(O)c2nccn2C)c1. The summed E-state index contributed by atoms with van der Waals surface area (Å²) in [6, 6.07) is 7.83. The van der Waals surface area contributed by atoms with Gasteiger partial charge in [-0.2, -0.15) is 0 Å². The van der Waals surface area contributed by atoms with E-state index in [2.05, 4.69) is 4.98 Å². The van der Waals surface area contributed by atoms with E-state index in [4.69, 9.17) is 0 Å². The number of hydrogen-bond acceptors (Lipinski definition) is 2. The van der Waals surface area contributed by atoms with E-state index in [1.54, 1.807) is 6.20 Å². The molecular formula is C12H14N2O. The number of aliphatic hydroxyl groups is 1.